The summed E-state index contributed by atoms with van der Waals surface area (Å²) in [5, 5.41) is 6.93. The van der Waals surface area contributed by atoms with Crippen molar-refractivity contribution in [3.63, 3.8) is 0 Å². The van der Waals surface area contributed by atoms with Gasteiger partial charge < -0.3 is 25.0 Å². The van der Waals surface area contributed by atoms with Crippen LogP contribution in [-0.4, -0.2) is 69.4 Å². The fraction of sp³-hybridized carbons (Fsp3) is 0.696. The van der Waals surface area contributed by atoms with E-state index in [4.69, 9.17) is 9.47 Å². The van der Waals surface area contributed by atoms with Crippen molar-refractivity contribution in [1.29, 1.82) is 0 Å². The molecule has 0 atom stereocenters. The molecule has 1 aliphatic rings. The zero-order valence-electron chi connectivity index (χ0n) is 19.3. The Morgan fingerprint density at radius 2 is 1.83 bits per heavy atom. The Hall–Kier alpha value is -1.06. The van der Waals surface area contributed by atoms with Crippen molar-refractivity contribution in [2.75, 3.05) is 46.4 Å². The van der Waals surface area contributed by atoms with Crippen LogP contribution < -0.4 is 15.4 Å². The fourth-order valence-electron chi connectivity index (χ4n) is 3.53. The van der Waals surface area contributed by atoms with Gasteiger partial charge >= 0.3 is 0 Å². The third-order valence-corrected chi connectivity index (χ3v) is 5.20. The number of piperidine rings is 1. The van der Waals surface area contributed by atoms with Crippen LogP contribution >= 0.6 is 24.0 Å². The number of likely N-dealkylation sites (tertiary alicyclic amines) is 1. The van der Waals surface area contributed by atoms with E-state index in [0.29, 0.717) is 24.7 Å². The topological polar surface area (TPSA) is 58.1 Å². The number of para-hydroxylation sites is 1. The van der Waals surface area contributed by atoms with Gasteiger partial charge in [-0.2, -0.15) is 0 Å². The molecule has 0 aliphatic carbocycles. The molecule has 6 nitrogen and oxygen atoms in total. The Morgan fingerprint density at radius 3 is 2.47 bits per heavy atom. The Balaban J connectivity index is 0.00000450. The molecule has 1 aliphatic heterocycles. The quantitative estimate of drug-likeness (QED) is 0.208. The zero-order chi connectivity index (χ0) is 21.1. The molecular formula is C23H41IN4O2. The maximum Gasteiger partial charge on any atom is 0.191 e. The standard InChI is InChI=1S/C23H40N4O2.HI/c1-18(2)21-8-6-7-9-22(21)29-16-12-25-23(24-5)26-20-10-13-27(14-11-20)15-17-28-19(3)4;/h6-9,18-20H,10-17H2,1-5H3,(H2,24,25,26);1H. The summed E-state index contributed by atoms with van der Waals surface area (Å²) in [7, 11) is 1.82. The van der Waals surface area contributed by atoms with Crippen molar-refractivity contribution < 1.29 is 9.47 Å². The summed E-state index contributed by atoms with van der Waals surface area (Å²) in [4.78, 5) is 6.85. The first kappa shape index (κ1) is 27.0. The Bertz CT molecular complexity index is 617. The number of aliphatic imine (C=N–C) groups is 1. The van der Waals surface area contributed by atoms with Crippen LogP contribution in [0.4, 0.5) is 0 Å². The van der Waals surface area contributed by atoms with E-state index in [1.165, 1.54) is 5.56 Å². The molecular weight excluding hydrogens is 491 g/mol. The van der Waals surface area contributed by atoms with Crippen LogP contribution in [0.2, 0.25) is 0 Å². The number of halogens is 1. The lowest BCUT2D eigenvalue weighted by molar-refractivity contribution is 0.0532. The number of benzene rings is 1. The number of guanidine groups is 1. The van der Waals surface area contributed by atoms with Gasteiger partial charge in [-0.1, -0.05) is 32.0 Å². The highest BCUT2D eigenvalue weighted by Gasteiger charge is 2.19. The van der Waals surface area contributed by atoms with Crippen molar-refractivity contribution in [1.82, 2.24) is 15.5 Å². The number of hydrogen-bond donors (Lipinski definition) is 2. The molecule has 172 valence electrons. The first-order valence-electron chi connectivity index (χ1n) is 11.0. The summed E-state index contributed by atoms with van der Waals surface area (Å²) in [5.41, 5.74) is 1.25. The number of hydrogen-bond acceptors (Lipinski definition) is 4. The van der Waals surface area contributed by atoms with Crippen LogP contribution in [-0.2, 0) is 4.74 Å². The van der Waals surface area contributed by atoms with Crippen LogP contribution in [0.5, 0.6) is 5.75 Å². The van der Waals surface area contributed by atoms with E-state index in [1.807, 2.05) is 19.2 Å². The van der Waals surface area contributed by atoms with Crippen LogP contribution in [0.3, 0.4) is 0 Å². The Labute approximate surface area is 200 Å². The Kier molecular flexibility index (Phi) is 13.4. The third-order valence-electron chi connectivity index (χ3n) is 5.20. The first-order valence-corrected chi connectivity index (χ1v) is 11.0. The van der Waals surface area contributed by atoms with E-state index in [0.717, 1.165) is 57.3 Å². The molecule has 1 saturated heterocycles. The van der Waals surface area contributed by atoms with Gasteiger partial charge in [-0.15, -0.1) is 24.0 Å². The van der Waals surface area contributed by atoms with E-state index < -0.39 is 0 Å². The van der Waals surface area contributed by atoms with E-state index >= 15 is 0 Å². The van der Waals surface area contributed by atoms with Gasteiger partial charge in [0.25, 0.3) is 0 Å². The zero-order valence-corrected chi connectivity index (χ0v) is 21.6. The molecule has 0 aromatic heterocycles. The second kappa shape index (κ2) is 14.9. The average molecular weight is 533 g/mol. The number of ether oxygens (including phenoxy) is 2. The van der Waals surface area contributed by atoms with Gasteiger partial charge in [-0.25, -0.2) is 0 Å². The summed E-state index contributed by atoms with van der Waals surface area (Å²) in [6.45, 7) is 13.9. The van der Waals surface area contributed by atoms with Gasteiger partial charge in [0.2, 0.25) is 0 Å². The maximum atomic E-state index is 5.99. The minimum Gasteiger partial charge on any atom is -0.491 e. The second-order valence-electron chi connectivity index (χ2n) is 8.22. The lowest BCUT2D eigenvalue weighted by atomic mass is 10.0. The van der Waals surface area contributed by atoms with Gasteiger partial charge in [0.1, 0.15) is 12.4 Å². The van der Waals surface area contributed by atoms with Gasteiger partial charge in [0, 0.05) is 32.7 Å². The molecule has 0 unspecified atom stereocenters. The molecule has 30 heavy (non-hydrogen) atoms. The van der Waals surface area contributed by atoms with Gasteiger partial charge in [0.05, 0.1) is 19.3 Å². The summed E-state index contributed by atoms with van der Waals surface area (Å²) < 4.78 is 11.7. The predicted molar refractivity (Wildman–Crippen MR) is 136 cm³/mol. The lowest BCUT2D eigenvalue weighted by Crippen LogP contribution is -2.49. The molecule has 1 aromatic carbocycles. The summed E-state index contributed by atoms with van der Waals surface area (Å²) in [5.74, 6) is 2.28. The van der Waals surface area contributed by atoms with Crippen LogP contribution in [0.15, 0.2) is 29.3 Å². The highest BCUT2D eigenvalue weighted by molar-refractivity contribution is 14.0. The van der Waals surface area contributed by atoms with E-state index in [2.05, 4.69) is 60.4 Å². The van der Waals surface area contributed by atoms with E-state index in [9.17, 15) is 0 Å². The largest absolute Gasteiger partial charge is 0.491 e. The van der Waals surface area contributed by atoms with E-state index in [1.54, 1.807) is 0 Å². The van der Waals surface area contributed by atoms with Crippen molar-refractivity contribution in [2.24, 2.45) is 4.99 Å². The van der Waals surface area contributed by atoms with Gasteiger partial charge in [-0.05, 0) is 44.2 Å². The SMILES string of the molecule is CN=C(NCCOc1ccccc1C(C)C)NC1CCN(CCOC(C)C)CC1.I. The number of nitrogens with one attached hydrogen (secondary N) is 2. The van der Waals surface area contributed by atoms with Crippen molar-refractivity contribution >= 4 is 29.9 Å². The molecule has 0 radical (unpaired) electrons. The highest BCUT2D eigenvalue weighted by Crippen LogP contribution is 2.25. The van der Waals surface area contributed by atoms with Crippen molar-refractivity contribution in [2.45, 2.75) is 58.6 Å². The van der Waals surface area contributed by atoms with Crippen LogP contribution in [0, 0.1) is 0 Å². The van der Waals surface area contributed by atoms with Crippen molar-refractivity contribution in [3.05, 3.63) is 29.8 Å². The molecule has 0 saturated carbocycles. The number of nitrogens with zero attached hydrogens (tertiary/aromatic N) is 2. The monoisotopic (exact) mass is 532 g/mol. The molecule has 1 aromatic rings. The molecule has 0 spiro atoms. The normalized spacial score (nSPS) is 15.9. The minimum absolute atomic E-state index is 0. The van der Waals surface area contributed by atoms with Crippen molar-refractivity contribution in [3.8, 4) is 5.75 Å². The highest BCUT2D eigenvalue weighted by atomic mass is 127. The van der Waals surface area contributed by atoms with Gasteiger partial charge in [0.15, 0.2) is 5.96 Å². The molecule has 2 N–H and O–H groups in total. The summed E-state index contributed by atoms with van der Waals surface area (Å²) >= 11 is 0. The summed E-state index contributed by atoms with van der Waals surface area (Å²) in [6.07, 6.45) is 2.56. The Morgan fingerprint density at radius 1 is 1.13 bits per heavy atom. The predicted octanol–water partition coefficient (Wildman–Crippen LogP) is 3.86. The van der Waals surface area contributed by atoms with Crippen LogP contribution in [0.25, 0.3) is 0 Å². The molecule has 2 rings (SSSR count). The lowest BCUT2D eigenvalue weighted by Gasteiger charge is -2.33. The second-order valence-corrected chi connectivity index (χ2v) is 8.22. The average Bonchev–Trinajstić information content (AvgIpc) is 2.71. The van der Waals surface area contributed by atoms with Gasteiger partial charge in [-0.3, -0.25) is 4.99 Å². The molecule has 7 heteroatoms. The molecule has 1 fully saturated rings. The molecule has 0 bridgehead atoms. The molecule has 1 heterocycles. The number of rotatable bonds is 10. The van der Waals surface area contributed by atoms with E-state index in [-0.39, 0.29) is 24.0 Å². The first-order chi connectivity index (χ1) is 14.0. The third kappa shape index (κ3) is 9.83. The molecule has 0 amide bonds. The van der Waals surface area contributed by atoms with Crippen LogP contribution in [0.1, 0.15) is 52.0 Å². The maximum absolute atomic E-state index is 5.99. The minimum atomic E-state index is 0. The summed E-state index contributed by atoms with van der Waals surface area (Å²) in [6, 6.07) is 8.73. The fourth-order valence-corrected chi connectivity index (χ4v) is 3.53. The smallest absolute Gasteiger partial charge is 0.191 e.